The molecule has 0 aromatic carbocycles. The van der Waals surface area contributed by atoms with Gasteiger partial charge in [-0.3, -0.25) is 14.5 Å². The molecule has 1 saturated carbocycles. The smallest absolute Gasteiger partial charge is 0.319 e. The van der Waals surface area contributed by atoms with Crippen molar-refractivity contribution in [2.45, 2.75) is 135 Å². The van der Waals surface area contributed by atoms with E-state index in [9.17, 15) is 14.7 Å². The zero-order chi connectivity index (χ0) is 33.3. The largest absolute Gasteiger partial charge is 0.463 e. The Kier molecular flexibility index (Phi) is 12.2. The number of nitrogens with zero attached hydrogens (tertiary/aromatic N) is 3. The number of ether oxygens (including phenoxy) is 4. The number of rotatable bonds is 7. The lowest BCUT2D eigenvalue weighted by Crippen LogP contribution is -2.59. The Morgan fingerprint density at radius 1 is 1.04 bits per heavy atom. The van der Waals surface area contributed by atoms with Gasteiger partial charge < -0.3 is 33.9 Å². The molecule has 3 aliphatic heterocycles. The lowest BCUT2D eigenvalue weighted by molar-refractivity contribution is -0.295. The number of hydrogen-bond donors (Lipinski definition) is 1. The number of carbonyl (C=O) groups is 2. The Hall–Kier alpha value is -1.14. The molecule has 4 aliphatic rings. The van der Waals surface area contributed by atoms with Gasteiger partial charge in [0, 0.05) is 37.7 Å². The molecule has 10 heteroatoms. The molecule has 9 atom stereocenters. The zero-order valence-electron chi connectivity index (χ0n) is 29.8. The number of likely N-dealkylation sites (tertiary alicyclic amines) is 1. The van der Waals surface area contributed by atoms with E-state index >= 15 is 0 Å². The summed E-state index contributed by atoms with van der Waals surface area (Å²) in [4.78, 5) is 34.8. The van der Waals surface area contributed by atoms with Gasteiger partial charge in [-0.2, -0.15) is 0 Å². The highest BCUT2D eigenvalue weighted by Crippen LogP contribution is 2.39. The lowest BCUT2D eigenvalue weighted by atomic mass is 9.74. The summed E-state index contributed by atoms with van der Waals surface area (Å²) in [6.07, 6.45) is 4.50. The molecule has 0 unspecified atom stereocenters. The van der Waals surface area contributed by atoms with Crippen molar-refractivity contribution in [3.63, 3.8) is 0 Å². The number of likely N-dealkylation sites (N-methyl/N-ethyl adjacent to an activating group) is 2. The minimum absolute atomic E-state index is 0.0639. The van der Waals surface area contributed by atoms with E-state index in [0.29, 0.717) is 18.8 Å². The summed E-state index contributed by atoms with van der Waals surface area (Å²) >= 11 is 0. The molecule has 0 amide bonds. The average molecular weight is 638 g/mol. The highest BCUT2D eigenvalue weighted by Gasteiger charge is 2.51. The molecule has 10 nitrogen and oxygen atoms in total. The Morgan fingerprint density at radius 3 is 2.27 bits per heavy atom. The Bertz CT molecular complexity index is 998. The second-order valence-electron chi connectivity index (χ2n) is 15.9. The minimum Gasteiger partial charge on any atom is -0.463 e. The number of aliphatic hydroxyl groups excluding tert-OH is 1. The van der Waals surface area contributed by atoms with Gasteiger partial charge in [-0.05, 0) is 119 Å². The first kappa shape index (κ1) is 36.7. The van der Waals surface area contributed by atoms with Gasteiger partial charge in [0.05, 0.1) is 17.8 Å². The Balaban J connectivity index is 1.58. The quantitative estimate of drug-likeness (QED) is 0.329. The number of aliphatic hydroxyl groups is 1. The molecule has 45 heavy (non-hydrogen) atoms. The fourth-order valence-corrected chi connectivity index (χ4v) is 8.22. The van der Waals surface area contributed by atoms with Crippen LogP contribution in [-0.4, -0.2) is 134 Å². The van der Waals surface area contributed by atoms with Crippen molar-refractivity contribution >= 4 is 11.8 Å². The molecule has 0 aromatic heterocycles. The number of ketones is 1. The number of Topliss-reactive ketones (excluding diaryl/α,β-unsaturated/α-hetero) is 1. The van der Waals surface area contributed by atoms with E-state index in [1.807, 2.05) is 32.8 Å². The van der Waals surface area contributed by atoms with Crippen LogP contribution >= 0.6 is 0 Å². The zero-order valence-corrected chi connectivity index (χ0v) is 29.8. The van der Waals surface area contributed by atoms with Crippen LogP contribution in [0.15, 0.2) is 0 Å². The molecule has 3 saturated heterocycles. The maximum Gasteiger partial charge on any atom is 0.319 e. The summed E-state index contributed by atoms with van der Waals surface area (Å²) in [5.41, 5.74) is -2.29. The lowest BCUT2D eigenvalue weighted by Gasteiger charge is -2.47. The van der Waals surface area contributed by atoms with Gasteiger partial charge in [0.25, 0.3) is 0 Å². The number of methoxy groups -OCH3 is 1. The van der Waals surface area contributed by atoms with Crippen LogP contribution in [0.4, 0.5) is 0 Å². The molecule has 260 valence electrons. The number of piperidine rings is 1. The Morgan fingerprint density at radius 2 is 1.69 bits per heavy atom. The predicted octanol–water partition coefficient (Wildman–Crippen LogP) is 3.58. The first-order valence-electron chi connectivity index (χ1n) is 17.4. The van der Waals surface area contributed by atoms with Crippen molar-refractivity contribution in [2.75, 3.05) is 54.5 Å². The number of carbonyl (C=O) groups excluding carboxylic acids is 2. The summed E-state index contributed by atoms with van der Waals surface area (Å²) in [6, 6.07) is 0.704. The first-order chi connectivity index (χ1) is 21.1. The standard InChI is InChI=1S/C35H63N3O7/c1-22-19-35(6,42-10)31(45-32-29(39)28(36(7)8)17-23(2)44-32)24(3)30(40)34(4,5)33(41)43-21-27(37(9)20-22)18-25-13-15-38(16-14-25)26-11-12-26/h22-29,31-32,39H,11-21H2,1-10H3/t22-,23-,24+,27-,28+,29-,31-,32+,35-/m1/s1. The SMILES string of the molecule is CO[C@]1(C)C[C@@H](C)CN(C)[C@H](CC2CCN(C3CC3)CC2)COC(=O)C(C)(C)C(=O)[C@H](C)[C@H]1O[C@@H]1O[C@H](C)C[C@H](N(C)C)[C@H]1O. The second-order valence-corrected chi connectivity index (χ2v) is 15.9. The molecule has 0 aromatic rings. The number of hydrogen-bond acceptors (Lipinski definition) is 10. The van der Waals surface area contributed by atoms with E-state index in [1.165, 1.54) is 25.7 Å². The van der Waals surface area contributed by atoms with Crippen LogP contribution < -0.4 is 0 Å². The normalized spacial score (nSPS) is 40.4. The summed E-state index contributed by atoms with van der Waals surface area (Å²) in [7, 11) is 7.65. The molecular formula is C35H63N3O7. The first-order valence-corrected chi connectivity index (χ1v) is 17.4. The third-order valence-corrected chi connectivity index (χ3v) is 11.3. The molecule has 4 rings (SSSR count). The minimum atomic E-state index is -1.39. The number of esters is 1. The van der Waals surface area contributed by atoms with Gasteiger partial charge in [0.2, 0.25) is 0 Å². The maximum atomic E-state index is 14.2. The molecule has 0 bridgehead atoms. The molecule has 0 spiro atoms. The van der Waals surface area contributed by atoms with Crippen LogP contribution in [0.2, 0.25) is 0 Å². The van der Waals surface area contributed by atoms with Crippen LogP contribution in [0.3, 0.4) is 0 Å². The summed E-state index contributed by atoms with van der Waals surface area (Å²) in [6.45, 7) is 14.6. The van der Waals surface area contributed by atoms with E-state index in [0.717, 1.165) is 32.1 Å². The van der Waals surface area contributed by atoms with Crippen molar-refractivity contribution in [1.82, 2.24) is 14.7 Å². The summed E-state index contributed by atoms with van der Waals surface area (Å²) in [5, 5.41) is 11.3. The van der Waals surface area contributed by atoms with E-state index in [2.05, 4.69) is 23.8 Å². The van der Waals surface area contributed by atoms with Crippen molar-refractivity contribution in [2.24, 2.45) is 23.2 Å². The molecular weight excluding hydrogens is 574 g/mol. The molecule has 0 radical (unpaired) electrons. The van der Waals surface area contributed by atoms with Crippen molar-refractivity contribution < 1.29 is 33.6 Å². The Labute approximate surface area is 272 Å². The molecule has 3 heterocycles. The van der Waals surface area contributed by atoms with E-state index < -0.39 is 41.4 Å². The molecule has 1 aliphatic carbocycles. The second kappa shape index (κ2) is 15.0. The summed E-state index contributed by atoms with van der Waals surface area (Å²) in [5.74, 6) is -0.748. The van der Waals surface area contributed by atoms with Crippen LogP contribution in [0.25, 0.3) is 0 Å². The third kappa shape index (κ3) is 8.67. The average Bonchev–Trinajstić information content (AvgIpc) is 3.83. The van der Waals surface area contributed by atoms with Crippen LogP contribution in [0.1, 0.15) is 86.5 Å². The molecule has 1 N–H and O–H groups in total. The fourth-order valence-electron chi connectivity index (χ4n) is 8.22. The fraction of sp³-hybridized carbons (Fsp3) is 0.943. The van der Waals surface area contributed by atoms with Gasteiger partial charge in [-0.15, -0.1) is 0 Å². The van der Waals surface area contributed by atoms with Crippen molar-refractivity contribution in [1.29, 1.82) is 0 Å². The topological polar surface area (TPSA) is 101 Å². The van der Waals surface area contributed by atoms with Crippen molar-refractivity contribution in [3.05, 3.63) is 0 Å². The van der Waals surface area contributed by atoms with E-state index in [1.54, 1.807) is 27.9 Å². The van der Waals surface area contributed by atoms with Gasteiger partial charge in [-0.25, -0.2) is 0 Å². The maximum absolute atomic E-state index is 14.2. The van der Waals surface area contributed by atoms with E-state index in [-0.39, 0.29) is 36.5 Å². The van der Waals surface area contributed by atoms with Gasteiger partial charge in [0.1, 0.15) is 18.1 Å². The number of cyclic esters (lactones) is 1. The van der Waals surface area contributed by atoms with Gasteiger partial charge >= 0.3 is 5.97 Å². The van der Waals surface area contributed by atoms with Gasteiger partial charge in [-0.1, -0.05) is 13.8 Å². The van der Waals surface area contributed by atoms with Crippen LogP contribution in [0, 0.1) is 23.2 Å². The van der Waals surface area contributed by atoms with Crippen molar-refractivity contribution in [3.8, 4) is 0 Å². The highest BCUT2D eigenvalue weighted by atomic mass is 16.7. The van der Waals surface area contributed by atoms with E-state index in [4.69, 9.17) is 18.9 Å². The van der Waals surface area contributed by atoms with Gasteiger partial charge in [0.15, 0.2) is 12.1 Å². The molecule has 4 fully saturated rings. The van der Waals surface area contributed by atoms with Crippen LogP contribution in [0.5, 0.6) is 0 Å². The summed E-state index contributed by atoms with van der Waals surface area (Å²) < 4.78 is 25.1. The highest BCUT2D eigenvalue weighted by molar-refractivity contribution is 6.04. The monoisotopic (exact) mass is 637 g/mol. The predicted molar refractivity (Wildman–Crippen MR) is 174 cm³/mol. The third-order valence-electron chi connectivity index (χ3n) is 11.3. The van der Waals surface area contributed by atoms with Crippen LogP contribution in [-0.2, 0) is 28.5 Å².